The lowest BCUT2D eigenvalue weighted by atomic mass is 10.1. The van der Waals surface area contributed by atoms with E-state index in [1.807, 2.05) is 0 Å². The summed E-state index contributed by atoms with van der Waals surface area (Å²) in [5.74, 6) is -2.34. The fraction of sp³-hybridized carbons (Fsp3) is 0.214. The number of carbonyl (C=O) groups excluding carboxylic acids is 2. The van der Waals surface area contributed by atoms with Gasteiger partial charge in [0.15, 0.2) is 0 Å². The van der Waals surface area contributed by atoms with E-state index in [4.69, 9.17) is 9.84 Å². The molecule has 0 heterocycles. The van der Waals surface area contributed by atoms with E-state index >= 15 is 0 Å². The Balaban J connectivity index is 2.95. The second-order valence-electron chi connectivity index (χ2n) is 3.85. The summed E-state index contributed by atoms with van der Waals surface area (Å²) >= 11 is 0. The summed E-state index contributed by atoms with van der Waals surface area (Å²) in [5.41, 5.74) is 1.09. The third-order valence-corrected chi connectivity index (χ3v) is 2.36. The van der Waals surface area contributed by atoms with E-state index in [2.05, 4.69) is 4.74 Å². The maximum Gasteiger partial charge on any atom is 0.351 e. The van der Waals surface area contributed by atoms with E-state index in [0.29, 0.717) is 11.1 Å². The molecule has 1 aromatic carbocycles. The highest BCUT2D eigenvalue weighted by atomic mass is 16.6. The molecular weight excluding hydrogens is 264 g/mol. The van der Waals surface area contributed by atoms with Gasteiger partial charge in [-0.25, -0.2) is 9.59 Å². The van der Waals surface area contributed by atoms with Crippen LogP contribution in [0.25, 0.3) is 6.08 Å². The molecule has 0 fully saturated rings. The van der Waals surface area contributed by atoms with Gasteiger partial charge in [0.05, 0.1) is 7.11 Å². The van der Waals surface area contributed by atoms with Crippen molar-refractivity contribution >= 4 is 24.0 Å². The number of carbonyl (C=O) groups is 3. The first-order valence-electron chi connectivity index (χ1n) is 5.70. The third-order valence-electron chi connectivity index (χ3n) is 2.36. The minimum atomic E-state index is -1.13. The Morgan fingerprint density at radius 3 is 2.25 bits per heavy atom. The van der Waals surface area contributed by atoms with Crippen LogP contribution in [0.15, 0.2) is 30.3 Å². The van der Waals surface area contributed by atoms with E-state index in [0.717, 1.165) is 6.08 Å². The second kappa shape index (κ2) is 7.08. The maximum atomic E-state index is 11.6. The molecule has 20 heavy (non-hydrogen) atoms. The van der Waals surface area contributed by atoms with Gasteiger partial charge in [-0.15, -0.1) is 0 Å². The Hall–Kier alpha value is -2.63. The monoisotopic (exact) mass is 278 g/mol. The van der Waals surface area contributed by atoms with Crippen molar-refractivity contribution in [2.45, 2.75) is 13.0 Å². The van der Waals surface area contributed by atoms with E-state index in [9.17, 15) is 14.4 Å². The summed E-state index contributed by atoms with van der Waals surface area (Å²) in [6.07, 6.45) is 1.28. The first-order valence-corrected chi connectivity index (χ1v) is 5.70. The maximum absolute atomic E-state index is 11.6. The highest BCUT2D eigenvalue weighted by Crippen LogP contribution is 2.20. The highest BCUT2D eigenvalue weighted by Gasteiger charge is 2.24. The number of carboxylic acids is 1. The molecule has 1 N–H and O–H groups in total. The fourth-order valence-electron chi connectivity index (χ4n) is 1.47. The van der Waals surface area contributed by atoms with Crippen molar-refractivity contribution < 1.29 is 29.0 Å². The van der Waals surface area contributed by atoms with Crippen LogP contribution in [0, 0.1) is 0 Å². The van der Waals surface area contributed by atoms with Gasteiger partial charge in [0.25, 0.3) is 0 Å². The molecule has 0 spiro atoms. The molecule has 1 aromatic rings. The van der Waals surface area contributed by atoms with E-state index in [-0.39, 0.29) is 0 Å². The predicted octanol–water partition coefficient (Wildman–Crippen LogP) is 1.56. The predicted molar refractivity (Wildman–Crippen MR) is 69.6 cm³/mol. The Bertz CT molecular complexity index is 529. The van der Waals surface area contributed by atoms with Gasteiger partial charge in [-0.1, -0.05) is 24.3 Å². The van der Waals surface area contributed by atoms with Crippen LogP contribution in [0.5, 0.6) is 0 Å². The number of hydrogen-bond donors (Lipinski definition) is 1. The van der Waals surface area contributed by atoms with Crippen LogP contribution in [-0.4, -0.2) is 30.1 Å². The van der Waals surface area contributed by atoms with Gasteiger partial charge >= 0.3 is 17.9 Å². The number of aliphatic carboxylic acids is 1. The SMILES string of the molecule is COC(=O)C(OC(C)=O)c1ccc(C=CC(=O)O)cc1. The summed E-state index contributed by atoms with van der Waals surface area (Å²) in [5, 5.41) is 8.52. The van der Waals surface area contributed by atoms with Crippen LogP contribution in [-0.2, 0) is 23.9 Å². The first kappa shape index (κ1) is 15.4. The molecule has 0 amide bonds. The van der Waals surface area contributed by atoms with Crippen LogP contribution >= 0.6 is 0 Å². The Labute approximate surface area is 115 Å². The molecule has 1 unspecified atom stereocenters. The van der Waals surface area contributed by atoms with Crippen molar-refractivity contribution in [2.75, 3.05) is 7.11 Å². The standard InChI is InChI=1S/C14H14O6/c1-9(15)20-13(14(18)19-2)11-6-3-10(4-7-11)5-8-12(16)17/h3-8,13H,1-2H3,(H,16,17). The zero-order valence-corrected chi connectivity index (χ0v) is 11.0. The number of esters is 2. The summed E-state index contributed by atoms with van der Waals surface area (Å²) in [7, 11) is 1.20. The summed E-state index contributed by atoms with van der Waals surface area (Å²) in [4.78, 5) is 32.9. The average Bonchev–Trinajstić information content (AvgIpc) is 2.42. The van der Waals surface area contributed by atoms with Gasteiger partial charge in [0.1, 0.15) is 0 Å². The number of methoxy groups -OCH3 is 1. The minimum Gasteiger partial charge on any atom is -0.478 e. The van der Waals surface area contributed by atoms with Gasteiger partial charge in [-0.05, 0) is 11.6 Å². The van der Waals surface area contributed by atoms with Gasteiger partial charge in [0, 0.05) is 18.6 Å². The molecule has 0 radical (unpaired) electrons. The van der Waals surface area contributed by atoms with E-state index in [1.165, 1.54) is 20.1 Å². The van der Waals surface area contributed by atoms with Crippen LogP contribution in [0.4, 0.5) is 0 Å². The molecule has 6 nitrogen and oxygen atoms in total. The van der Waals surface area contributed by atoms with Crippen LogP contribution in [0.3, 0.4) is 0 Å². The summed E-state index contributed by atoms with van der Waals surface area (Å²) in [6.45, 7) is 1.19. The minimum absolute atomic E-state index is 0.444. The van der Waals surface area contributed by atoms with Crippen molar-refractivity contribution in [3.63, 3.8) is 0 Å². The zero-order chi connectivity index (χ0) is 15.1. The molecule has 0 bridgehead atoms. The number of ether oxygens (including phenoxy) is 2. The molecule has 0 aliphatic heterocycles. The van der Waals surface area contributed by atoms with Crippen molar-refractivity contribution in [2.24, 2.45) is 0 Å². The second-order valence-corrected chi connectivity index (χ2v) is 3.85. The lowest BCUT2D eigenvalue weighted by Gasteiger charge is -2.14. The summed E-state index contributed by atoms with van der Waals surface area (Å²) in [6, 6.07) is 6.33. The van der Waals surface area contributed by atoms with Crippen molar-refractivity contribution in [3.05, 3.63) is 41.5 Å². The van der Waals surface area contributed by atoms with Gasteiger partial charge in [-0.3, -0.25) is 4.79 Å². The lowest BCUT2D eigenvalue weighted by molar-refractivity contribution is -0.165. The third kappa shape index (κ3) is 4.56. The van der Waals surface area contributed by atoms with Gasteiger partial charge in [-0.2, -0.15) is 0 Å². The quantitative estimate of drug-likeness (QED) is 0.649. The van der Waals surface area contributed by atoms with E-state index in [1.54, 1.807) is 24.3 Å². The molecule has 0 aromatic heterocycles. The molecule has 1 rings (SSSR count). The van der Waals surface area contributed by atoms with Crippen LogP contribution in [0.2, 0.25) is 0 Å². The lowest BCUT2D eigenvalue weighted by Crippen LogP contribution is -2.19. The molecule has 6 heteroatoms. The fourth-order valence-corrected chi connectivity index (χ4v) is 1.47. The molecule has 0 aliphatic carbocycles. The smallest absolute Gasteiger partial charge is 0.351 e. The molecule has 0 saturated heterocycles. The van der Waals surface area contributed by atoms with Crippen molar-refractivity contribution in [1.82, 2.24) is 0 Å². The van der Waals surface area contributed by atoms with E-state index < -0.39 is 24.0 Å². The Morgan fingerprint density at radius 1 is 1.20 bits per heavy atom. The molecule has 0 aliphatic rings. The molecule has 0 saturated carbocycles. The van der Waals surface area contributed by atoms with Crippen molar-refractivity contribution in [1.29, 1.82) is 0 Å². The molecular formula is C14H14O6. The summed E-state index contributed by atoms with van der Waals surface area (Å²) < 4.78 is 9.47. The highest BCUT2D eigenvalue weighted by molar-refractivity contribution is 5.85. The number of carboxylic acid groups (broad SMARTS) is 1. The van der Waals surface area contributed by atoms with Gasteiger partial charge < -0.3 is 14.6 Å². The van der Waals surface area contributed by atoms with Crippen LogP contribution in [0.1, 0.15) is 24.2 Å². The Morgan fingerprint density at radius 2 is 1.80 bits per heavy atom. The zero-order valence-electron chi connectivity index (χ0n) is 11.0. The van der Waals surface area contributed by atoms with Crippen molar-refractivity contribution in [3.8, 4) is 0 Å². The largest absolute Gasteiger partial charge is 0.478 e. The Kier molecular flexibility index (Phi) is 5.46. The topological polar surface area (TPSA) is 89.9 Å². The molecule has 106 valence electrons. The number of benzene rings is 1. The van der Waals surface area contributed by atoms with Gasteiger partial charge in [0.2, 0.25) is 6.10 Å². The average molecular weight is 278 g/mol. The number of hydrogen-bond acceptors (Lipinski definition) is 5. The molecule has 1 atom stereocenters. The number of rotatable bonds is 5. The normalized spacial score (nSPS) is 11.9. The van der Waals surface area contributed by atoms with Crippen LogP contribution < -0.4 is 0 Å². The first-order chi connectivity index (χ1) is 9.43.